The van der Waals surface area contributed by atoms with E-state index in [9.17, 15) is 9.18 Å². The molecule has 1 aromatic carbocycles. The van der Waals surface area contributed by atoms with Crippen molar-refractivity contribution in [2.75, 3.05) is 0 Å². The molecule has 0 aliphatic rings. The van der Waals surface area contributed by atoms with Crippen molar-refractivity contribution in [1.82, 2.24) is 15.1 Å². The zero-order valence-corrected chi connectivity index (χ0v) is 10.4. The van der Waals surface area contributed by atoms with Crippen molar-refractivity contribution in [2.45, 2.75) is 13.1 Å². The van der Waals surface area contributed by atoms with Gasteiger partial charge in [0.25, 0.3) is 0 Å². The molecule has 0 atom stereocenters. The highest BCUT2D eigenvalue weighted by Gasteiger charge is 2.14. The first-order chi connectivity index (χ1) is 9.08. The summed E-state index contributed by atoms with van der Waals surface area (Å²) >= 11 is 0. The molecule has 2 N–H and O–H groups in total. The molecule has 2 rings (SSSR count). The van der Waals surface area contributed by atoms with Crippen molar-refractivity contribution in [3.05, 3.63) is 53.1 Å². The maximum Gasteiger partial charge on any atom is 0.339 e. The largest absolute Gasteiger partial charge is 0.478 e. The van der Waals surface area contributed by atoms with Gasteiger partial charge in [-0.05, 0) is 17.7 Å². The van der Waals surface area contributed by atoms with E-state index in [1.165, 1.54) is 23.0 Å². The van der Waals surface area contributed by atoms with E-state index < -0.39 is 5.97 Å². The second kappa shape index (κ2) is 5.62. The molecule has 0 fully saturated rings. The average molecular weight is 263 g/mol. The Morgan fingerprint density at radius 1 is 1.47 bits per heavy atom. The van der Waals surface area contributed by atoms with E-state index >= 15 is 0 Å². The second-order valence-electron chi connectivity index (χ2n) is 4.17. The Bertz CT molecular complexity index is 595. The van der Waals surface area contributed by atoms with E-state index in [2.05, 4.69) is 10.4 Å². The molecule has 0 bridgehead atoms. The summed E-state index contributed by atoms with van der Waals surface area (Å²) in [6.07, 6.45) is 1.32. The van der Waals surface area contributed by atoms with Crippen LogP contribution in [-0.4, -0.2) is 20.9 Å². The fourth-order valence-electron chi connectivity index (χ4n) is 1.82. The van der Waals surface area contributed by atoms with E-state index in [1.807, 2.05) is 0 Å². The number of aryl methyl sites for hydroxylation is 1. The third-order valence-electron chi connectivity index (χ3n) is 2.80. The maximum absolute atomic E-state index is 13.0. The number of aromatic carboxylic acids is 1. The molecule has 0 radical (unpaired) electrons. The van der Waals surface area contributed by atoms with Gasteiger partial charge in [-0.3, -0.25) is 4.68 Å². The molecule has 0 saturated heterocycles. The van der Waals surface area contributed by atoms with Gasteiger partial charge in [0.15, 0.2) is 0 Å². The van der Waals surface area contributed by atoms with Gasteiger partial charge in [-0.25, -0.2) is 9.18 Å². The lowest BCUT2D eigenvalue weighted by atomic mass is 10.2. The van der Waals surface area contributed by atoms with E-state index in [4.69, 9.17) is 5.11 Å². The van der Waals surface area contributed by atoms with Crippen LogP contribution in [-0.2, 0) is 20.1 Å². The molecular weight excluding hydrogens is 249 g/mol. The predicted molar refractivity (Wildman–Crippen MR) is 67.1 cm³/mol. The summed E-state index contributed by atoms with van der Waals surface area (Å²) in [6.45, 7) is 0.816. The normalized spacial score (nSPS) is 10.6. The number of carbonyl (C=O) groups is 1. The monoisotopic (exact) mass is 263 g/mol. The van der Waals surface area contributed by atoms with Crippen LogP contribution in [0.25, 0.3) is 0 Å². The van der Waals surface area contributed by atoms with E-state index in [0.717, 1.165) is 5.56 Å². The minimum absolute atomic E-state index is 0.175. The number of carboxylic acids is 1. The quantitative estimate of drug-likeness (QED) is 0.858. The maximum atomic E-state index is 13.0. The molecule has 0 aliphatic heterocycles. The molecule has 0 aliphatic carbocycles. The Hall–Kier alpha value is -2.21. The third-order valence-corrected chi connectivity index (χ3v) is 2.80. The van der Waals surface area contributed by atoms with E-state index in [0.29, 0.717) is 18.8 Å². The minimum Gasteiger partial charge on any atom is -0.478 e. The number of aromatic nitrogens is 2. The van der Waals surface area contributed by atoms with Gasteiger partial charge in [-0.2, -0.15) is 5.10 Å². The first-order valence-electron chi connectivity index (χ1n) is 5.77. The van der Waals surface area contributed by atoms with Crippen molar-refractivity contribution < 1.29 is 14.3 Å². The summed E-state index contributed by atoms with van der Waals surface area (Å²) in [6, 6.07) is 6.26. The lowest BCUT2D eigenvalue weighted by molar-refractivity contribution is 0.0695. The van der Waals surface area contributed by atoms with Gasteiger partial charge in [-0.15, -0.1) is 0 Å². The smallest absolute Gasteiger partial charge is 0.339 e. The van der Waals surface area contributed by atoms with Crippen LogP contribution in [0.3, 0.4) is 0 Å². The topological polar surface area (TPSA) is 67.2 Å². The number of rotatable bonds is 5. The molecule has 5 nitrogen and oxygen atoms in total. The second-order valence-corrected chi connectivity index (χ2v) is 4.17. The van der Waals surface area contributed by atoms with Crippen molar-refractivity contribution in [3.63, 3.8) is 0 Å². The molecule has 0 saturated carbocycles. The van der Waals surface area contributed by atoms with Gasteiger partial charge in [-0.1, -0.05) is 12.1 Å². The van der Waals surface area contributed by atoms with Gasteiger partial charge in [0, 0.05) is 20.1 Å². The number of hydrogen-bond acceptors (Lipinski definition) is 3. The Balaban J connectivity index is 2.00. The standard InChI is InChI=1S/C13H14FN3O2/c1-17-12(11(7-16-17)13(18)19)8-15-6-9-3-2-4-10(14)5-9/h2-5,7,15H,6,8H2,1H3,(H,18,19). The summed E-state index contributed by atoms with van der Waals surface area (Å²) < 4.78 is 14.5. The summed E-state index contributed by atoms with van der Waals surface area (Å²) in [5.41, 5.74) is 1.57. The third kappa shape index (κ3) is 3.17. The zero-order valence-electron chi connectivity index (χ0n) is 10.4. The van der Waals surface area contributed by atoms with E-state index in [1.54, 1.807) is 19.2 Å². The number of halogens is 1. The lowest BCUT2D eigenvalue weighted by Gasteiger charge is -2.07. The average Bonchev–Trinajstić information content (AvgIpc) is 2.71. The lowest BCUT2D eigenvalue weighted by Crippen LogP contribution is -2.17. The van der Waals surface area contributed by atoms with Gasteiger partial charge in [0.05, 0.1) is 11.9 Å². The molecule has 0 amide bonds. The molecule has 0 unspecified atom stereocenters. The Labute approximate surface area is 109 Å². The Morgan fingerprint density at radius 2 is 2.26 bits per heavy atom. The van der Waals surface area contributed by atoms with Crippen LogP contribution in [0.2, 0.25) is 0 Å². The number of benzene rings is 1. The summed E-state index contributed by atoms with van der Waals surface area (Å²) in [5.74, 6) is -1.29. The summed E-state index contributed by atoms with van der Waals surface area (Å²) in [5, 5.41) is 16.0. The molecule has 100 valence electrons. The number of carboxylic acid groups (broad SMARTS) is 1. The van der Waals surface area contributed by atoms with Gasteiger partial charge in [0.1, 0.15) is 11.4 Å². The SMILES string of the molecule is Cn1ncc(C(=O)O)c1CNCc1cccc(F)c1. The van der Waals surface area contributed by atoms with Crippen LogP contribution < -0.4 is 5.32 Å². The van der Waals surface area contributed by atoms with Gasteiger partial charge >= 0.3 is 5.97 Å². The van der Waals surface area contributed by atoms with Crippen molar-refractivity contribution in [2.24, 2.45) is 7.05 Å². The molecule has 6 heteroatoms. The summed E-state index contributed by atoms with van der Waals surface area (Å²) in [4.78, 5) is 11.0. The molecule has 1 heterocycles. The Kier molecular flexibility index (Phi) is 3.91. The van der Waals surface area contributed by atoms with Crippen molar-refractivity contribution >= 4 is 5.97 Å². The van der Waals surface area contributed by atoms with Crippen LogP contribution >= 0.6 is 0 Å². The first-order valence-corrected chi connectivity index (χ1v) is 5.77. The number of nitrogens with zero attached hydrogens (tertiary/aromatic N) is 2. The first kappa shape index (κ1) is 13.2. The molecule has 2 aromatic rings. The zero-order chi connectivity index (χ0) is 13.8. The molecule has 19 heavy (non-hydrogen) atoms. The fraction of sp³-hybridized carbons (Fsp3) is 0.231. The highest BCUT2D eigenvalue weighted by Crippen LogP contribution is 2.08. The highest BCUT2D eigenvalue weighted by molar-refractivity contribution is 5.88. The van der Waals surface area contributed by atoms with Crippen LogP contribution in [0.1, 0.15) is 21.6 Å². The fourth-order valence-corrected chi connectivity index (χ4v) is 1.82. The van der Waals surface area contributed by atoms with E-state index in [-0.39, 0.29) is 11.4 Å². The highest BCUT2D eigenvalue weighted by atomic mass is 19.1. The van der Waals surface area contributed by atoms with Crippen molar-refractivity contribution in [3.8, 4) is 0 Å². The Morgan fingerprint density at radius 3 is 2.95 bits per heavy atom. The number of hydrogen-bond donors (Lipinski definition) is 2. The predicted octanol–water partition coefficient (Wildman–Crippen LogP) is 1.55. The van der Waals surface area contributed by atoms with Gasteiger partial charge in [0.2, 0.25) is 0 Å². The van der Waals surface area contributed by atoms with Crippen molar-refractivity contribution in [1.29, 1.82) is 0 Å². The van der Waals surface area contributed by atoms with Gasteiger partial charge < -0.3 is 10.4 Å². The molecule has 0 spiro atoms. The summed E-state index contributed by atoms with van der Waals surface area (Å²) in [7, 11) is 1.69. The van der Waals surface area contributed by atoms with Crippen LogP contribution in [0.5, 0.6) is 0 Å². The molecule has 1 aromatic heterocycles. The van der Waals surface area contributed by atoms with Crippen LogP contribution in [0.15, 0.2) is 30.5 Å². The number of nitrogens with one attached hydrogen (secondary N) is 1. The van der Waals surface area contributed by atoms with Crippen LogP contribution in [0, 0.1) is 5.82 Å². The molecular formula is C13H14FN3O2. The van der Waals surface area contributed by atoms with Crippen LogP contribution in [0.4, 0.5) is 4.39 Å². The minimum atomic E-state index is -1.00.